The Morgan fingerprint density at radius 3 is 2.81 bits per heavy atom. The molecule has 0 saturated heterocycles. The zero-order chi connectivity index (χ0) is 12.3. The fraction of sp³-hybridized carbons (Fsp3) is 0.200. The molecule has 1 aromatic carbocycles. The molecule has 1 aromatic rings. The minimum Gasteiger partial charge on any atom is -0.374 e. The predicted octanol–water partition coefficient (Wildman–Crippen LogP) is 3.48. The highest BCUT2D eigenvalue weighted by Gasteiger charge is 2.18. The summed E-state index contributed by atoms with van der Waals surface area (Å²) in [6.07, 6.45) is 1.60. The van der Waals surface area contributed by atoms with E-state index in [0.717, 1.165) is 6.07 Å². The van der Waals surface area contributed by atoms with E-state index in [2.05, 4.69) is 27.8 Å². The van der Waals surface area contributed by atoms with E-state index in [4.69, 9.17) is 0 Å². The maximum atomic E-state index is 13.1. The number of rotatable bonds is 4. The van der Waals surface area contributed by atoms with Crippen molar-refractivity contribution in [3.8, 4) is 0 Å². The summed E-state index contributed by atoms with van der Waals surface area (Å²) in [4.78, 5) is 10.1. The third kappa shape index (κ3) is 2.79. The number of halogens is 2. The number of nitrogens with zero attached hydrogens (tertiary/aromatic N) is 1. The third-order valence-electron chi connectivity index (χ3n) is 1.97. The average Bonchev–Trinajstić information content (AvgIpc) is 2.22. The first kappa shape index (κ1) is 12.6. The highest BCUT2D eigenvalue weighted by Crippen LogP contribution is 2.30. The van der Waals surface area contributed by atoms with Crippen LogP contribution in [0.25, 0.3) is 0 Å². The standard InChI is InChI=1S/C10H10BrFN2O2/c1-3-6(2)13-9-4-7(11)8(12)5-10(9)14(15)16/h3-6,13H,1H2,2H3. The van der Waals surface area contributed by atoms with Crippen LogP contribution in [0.3, 0.4) is 0 Å². The van der Waals surface area contributed by atoms with Crippen molar-refractivity contribution in [2.45, 2.75) is 13.0 Å². The Kier molecular flexibility index (Phi) is 4.00. The van der Waals surface area contributed by atoms with Crippen molar-refractivity contribution in [1.82, 2.24) is 0 Å². The second-order valence-electron chi connectivity index (χ2n) is 3.21. The Labute approximate surface area is 100 Å². The van der Waals surface area contributed by atoms with E-state index < -0.39 is 10.7 Å². The lowest BCUT2D eigenvalue weighted by Gasteiger charge is -2.11. The topological polar surface area (TPSA) is 55.2 Å². The van der Waals surface area contributed by atoms with Crippen molar-refractivity contribution >= 4 is 27.3 Å². The minimum atomic E-state index is -0.663. The fourth-order valence-electron chi connectivity index (χ4n) is 1.11. The first-order valence-corrected chi connectivity index (χ1v) is 5.27. The molecule has 0 aliphatic carbocycles. The minimum absolute atomic E-state index is 0.143. The van der Waals surface area contributed by atoms with Gasteiger partial charge in [-0.2, -0.15) is 0 Å². The zero-order valence-corrected chi connectivity index (χ0v) is 10.1. The molecule has 0 heterocycles. The largest absolute Gasteiger partial charge is 0.374 e. The molecule has 6 heteroatoms. The van der Waals surface area contributed by atoms with Gasteiger partial charge in [0, 0.05) is 6.04 Å². The number of nitro benzene ring substituents is 1. The van der Waals surface area contributed by atoms with Crippen LogP contribution in [0.15, 0.2) is 29.3 Å². The van der Waals surface area contributed by atoms with Crippen LogP contribution in [0, 0.1) is 15.9 Å². The summed E-state index contributed by atoms with van der Waals surface area (Å²) in [6, 6.07) is 2.08. The van der Waals surface area contributed by atoms with E-state index in [9.17, 15) is 14.5 Å². The highest BCUT2D eigenvalue weighted by atomic mass is 79.9. The van der Waals surface area contributed by atoms with Crippen LogP contribution >= 0.6 is 15.9 Å². The van der Waals surface area contributed by atoms with Gasteiger partial charge in [0.05, 0.1) is 15.5 Å². The van der Waals surface area contributed by atoms with Gasteiger partial charge in [-0.1, -0.05) is 6.08 Å². The maximum Gasteiger partial charge on any atom is 0.295 e. The summed E-state index contributed by atoms with van der Waals surface area (Å²) in [5, 5.41) is 13.6. The molecule has 1 rings (SSSR count). The third-order valence-corrected chi connectivity index (χ3v) is 2.58. The molecule has 0 spiro atoms. The van der Waals surface area contributed by atoms with E-state index in [-0.39, 0.29) is 21.9 Å². The monoisotopic (exact) mass is 288 g/mol. The number of hydrogen-bond acceptors (Lipinski definition) is 3. The summed E-state index contributed by atoms with van der Waals surface area (Å²) >= 11 is 2.98. The van der Waals surface area contributed by atoms with E-state index in [0.29, 0.717) is 0 Å². The summed E-state index contributed by atoms with van der Waals surface area (Å²) < 4.78 is 13.3. The lowest BCUT2D eigenvalue weighted by molar-refractivity contribution is -0.384. The first-order chi connectivity index (χ1) is 7.45. The Bertz CT molecular complexity index is 437. The molecule has 86 valence electrons. The van der Waals surface area contributed by atoms with Gasteiger partial charge in [-0.25, -0.2) is 4.39 Å². The Morgan fingerprint density at radius 2 is 2.31 bits per heavy atom. The van der Waals surface area contributed by atoms with Gasteiger partial charge in [0.25, 0.3) is 5.69 Å². The van der Waals surface area contributed by atoms with Crippen LogP contribution in [-0.2, 0) is 0 Å². The molecule has 16 heavy (non-hydrogen) atoms. The molecule has 0 bridgehead atoms. The SMILES string of the molecule is C=CC(C)Nc1cc(Br)c(F)cc1[N+](=O)[O-]. The van der Waals surface area contributed by atoms with Gasteiger partial charge in [-0.3, -0.25) is 10.1 Å². The predicted molar refractivity (Wildman–Crippen MR) is 64.0 cm³/mol. The normalized spacial score (nSPS) is 11.9. The van der Waals surface area contributed by atoms with Crippen molar-refractivity contribution in [2.75, 3.05) is 5.32 Å². The van der Waals surface area contributed by atoms with Crippen molar-refractivity contribution < 1.29 is 9.31 Å². The maximum absolute atomic E-state index is 13.1. The van der Waals surface area contributed by atoms with Gasteiger partial charge in [0.15, 0.2) is 0 Å². The van der Waals surface area contributed by atoms with Crippen LogP contribution in [0.1, 0.15) is 6.92 Å². The molecule has 0 fully saturated rings. The van der Waals surface area contributed by atoms with Gasteiger partial charge in [-0.05, 0) is 28.9 Å². The van der Waals surface area contributed by atoms with Crippen LogP contribution in [0.2, 0.25) is 0 Å². The Balaban J connectivity index is 3.19. The molecular formula is C10H10BrFN2O2. The molecule has 1 atom stereocenters. The van der Waals surface area contributed by atoms with Gasteiger partial charge in [0.2, 0.25) is 0 Å². The Hall–Kier alpha value is -1.43. The second kappa shape index (κ2) is 5.07. The van der Waals surface area contributed by atoms with Crippen molar-refractivity contribution in [1.29, 1.82) is 0 Å². The summed E-state index contributed by atoms with van der Waals surface area (Å²) in [5.41, 5.74) is -0.0416. The Morgan fingerprint density at radius 1 is 1.69 bits per heavy atom. The molecule has 0 aromatic heterocycles. The quantitative estimate of drug-likeness (QED) is 0.524. The second-order valence-corrected chi connectivity index (χ2v) is 4.06. The van der Waals surface area contributed by atoms with E-state index in [1.54, 1.807) is 13.0 Å². The number of benzene rings is 1. The zero-order valence-electron chi connectivity index (χ0n) is 8.54. The number of nitro groups is 1. The van der Waals surface area contributed by atoms with Crippen LogP contribution < -0.4 is 5.32 Å². The van der Waals surface area contributed by atoms with Gasteiger partial charge in [-0.15, -0.1) is 6.58 Å². The molecular weight excluding hydrogens is 279 g/mol. The van der Waals surface area contributed by atoms with Crippen molar-refractivity contribution in [2.24, 2.45) is 0 Å². The van der Waals surface area contributed by atoms with Crippen LogP contribution in [-0.4, -0.2) is 11.0 Å². The number of hydrogen-bond donors (Lipinski definition) is 1. The van der Waals surface area contributed by atoms with E-state index >= 15 is 0 Å². The number of nitrogens with one attached hydrogen (secondary N) is 1. The lowest BCUT2D eigenvalue weighted by atomic mass is 10.2. The average molecular weight is 289 g/mol. The van der Waals surface area contributed by atoms with Gasteiger partial charge < -0.3 is 5.32 Å². The fourth-order valence-corrected chi connectivity index (χ4v) is 1.45. The molecule has 4 nitrogen and oxygen atoms in total. The van der Waals surface area contributed by atoms with Crippen molar-refractivity contribution in [3.63, 3.8) is 0 Å². The van der Waals surface area contributed by atoms with Gasteiger partial charge >= 0.3 is 0 Å². The van der Waals surface area contributed by atoms with Crippen molar-refractivity contribution in [3.05, 3.63) is 45.2 Å². The van der Waals surface area contributed by atoms with E-state index in [1.165, 1.54) is 6.07 Å². The molecule has 0 aliphatic rings. The smallest absolute Gasteiger partial charge is 0.295 e. The molecule has 1 unspecified atom stereocenters. The summed E-state index contributed by atoms with van der Waals surface area (Å²) in [5.74, 6) is -0.663. The molecule has 0 amide bonds. The van der Waals surface area contributed by atoms with Gasteiger partial charge in [0.1, 0.15) is 11.5 Å². The van der Waals surface area contributed by atoms with Crippen LogP contribution in [0.5, 0.6) is 0 Å². The molecule has 0 saturated carbocycles. The summed E-state index contributed by atoms with van der Waals surface area (Å²) in [6.45, 7) is 5.34. The lowest BCUT2D eigenvalue weighted by Crippen LogP contribution is -2.12. The molecule has 0 aliphatic heterocycles. The van der Waals surface area contributed by atoms with Crippen LogP contribution in [0.4, 0.5) is 15.8 Å². The first-order valence-electron chi connectivity index (χ1n) is 4.48. The number of anilines is 1. The molecule has 0 radical (unpaired) electrons. The van der Waals surface area contributed by atoms with E-state index in [1.807, 2.05) is 0 Å². The molecule has 1 N–H and O–H groups in total. The summed E-state index contributed by atoms with van der Waals surface area (Å²) in [7, 11) is 0. The highest BCUT2D eigenvalue weighted by molar-refractivity contribution is 9.10.